The van der Waals surface area contributed by atoms with E-state index < -0.39 is 11.6 Å². The van der Waals surface area contributed by atoms with Crippen molar-refractivity contribution in [3.63, 3.8) is 0 Å². The van der Waals surface area contributed by atoms with Gasteiger partial charge in [0.05, 0.1) is 5.52 Å². The fourth-order valence-electron chi connectivity index (χ4n) is 4.05. The summed E-state index contributed by atoms with van der Waals surface area (Å²) in [6.07, 6.45) is 4.66. The van der Waals surface area contributed by atoms with E-state index >= 15 is 0 Å². The maximum Gasteiger partial charge on any atom is 0.247 e. The number of para-hydroxylation sites is 1. The lowest BCUT2D eigenvalue weighted by Crippen LogP contribution is -2.51. The summed E-state index contributed by atoms with van der Waals surface area (Å²) >= 11 is 0. The average molecular weight is 485 g/mol. The SMILES string of the molecule is CCC(C)(C)NC(=O)C(c1cccnc1)N(CCc1ccccc1)C(=O)Cn1nnc2ccccc21. The van der Waals surface area contributed by atoms with E-state index in [4.69, 9.17) is 0 Å². The quantitative estimate of drug-likeness (QED) is 0.368. The smallest absolute Gasteiger partial charge is 0.247 e. The Bertz CT molecular complexity index is 1300. The van der Waals surface area contributed by atoms with E-state index in [0.717, 1.165) is 17.5 Å². The van der Waals surface area contributed by atoms with Crippen molar-refractivity contribution in [1.29, 1.82) is 0 Å². The molecule has 2 heterocycles. The molecule has 1 atom stereocenters. The molecule has 4 aromatic rings. The second-order valence-electron chi connectivity index (χ2n) is 9.47. The van der Waals surface area contributed by atoms with Gasteiger partial charge in [0, 0.05) is 30.0 Å². The van der Waals surface area contributed by atoms with Crippen LogP contribution in [0.2, 0.25) is 0 Å². The molecule has 0 saturated carbocycles. The Hall–Kier alpha value is -4.07. The normalized spacial score (nSPS) is 12.3. The minimum absolute atomic E-state index is 0.0312. The molecule has 1 unspecified atom stereocenters. The first-order valence-corrected chi connectivity index (χ1v) is 12.2. The molecule has 8 nitrogen and oxygen atoms in total. The summed E-state index contributed by atoms with van der Waals surface area (Å²) in [6, 6.07) is 20.2. The van der Waals surface area contributed by atoms with Gasteiger partial charge in [-0.25, -0.2) is 4.68 Å². The van der Waals surface area contributed by atoms with Crippen LogP contribution in [0.5, 0.6) is 0 Å². The number of carbonyl (C=O) groups excluding carboxylic acids is 2. The van der Waals surface area contributed by atoms with Crippen molar-refractivity contribution < 1.29 is 9.59 Å². The molecule has 2 amide bonds. The predicted octanol–water partition coefficient (Wildman–Crippen LogP) is 3.94. The monoisotopic (exact) mass is 484 g/mol. The maximum absolute atomic E-state index is 13.9. The molecule has 8 heteroatoms. The summed E-state index contributed by atoms with van der Waals surface area (Å²) in [5.74, 6) is -0.459. The van der Waals surface area contributed by atoms with Crippen molar-refractivity contribution in [3.05, 3.63) is 90.3 Å². The highest BCUT2D eigenvalue weighted by atomic mass is 16.2. The number of rotatable bonds is 10. The molecule has 186 valence electrons. The fraction of sp³-hybridized carbons (Fsp3) is 0.321. The average Bonchev–Trinajstić information content (AvgIpc) is 3.30. The van der Waals surface area contributed by atoms with E-state index in [1.165, 1.54) is 0 Å². The van der Waals surface area contributed by atoms with Gasteiger partial charge in [-0.2, -0.15) is 0 Å². The number of fused-ring (bicyclic) bond motifs is 1. The second kappa shape index (κ2) is 11.1. The van der Waals surface area contributed by atoms with Gasteiger partial charge in [0.25, 0.3) is 0 Å². The molecule has 0 spiro atoms. The summed E-state index contributed by atoms with van der Waals surface area (Å²) in [6.45, 7) is 6.30. The van der Waals surface area contributed by atoms with Crippen LogP contribution in [-0.4, -0.2) is 48.8 Å². The number of hydrogen-bond donors (Lipinski definition) is 1. The van der Waals surface area contributed by atoms with Crippen LogP contribution in [0.4, 0.5) is 0 Å². The van der Waals surface area contributed by atoms with Gasteiger partial charge in [0.15, 0.2) is 0 Å². The van der Waals surface area contributed by atoms with E-state index in [0.29, 0.717) is 24.0 Å². The maximum atomic E-state index is 13.9. The Labute approximate surface area is 211 Å². The van der Waals surface area contributed by atoms with Crippen LogP contribution >= 0.6 is 0 Å². The zero-order valence-electron chi connectivity index (χ0n) is 21.0. The highest BCUT2D eigenvalue weighted by molar-refractivity contribution is 5.89. The van der Waals surface area contributed by atoms with Crippen LogP contribution in [0.3, 0.4) is 0 Å². The van der Waals surface area contributed by atoms with E-state index in [2.05, 4.69) is 20.6 Å². The Kier molecular flexibility index (Phi) is 7.73. The van der Waals surface area contributed by atoms with E-state index in [9.17, 15) is 9.59 Å². The molecule has 0 aliphatic rings. The number of nitrogens with one attached hydrogen (secondary N) is 1. The fourth-order valence-corrected chi connectivity index (χ4v) is 4.05. The Morgan fingerprint density at radius 3 is 2.50 bits per heavy atom. The number of benzene rings is 2. The van der Waals surface area contributed by atoms with Crippen molar-refractivity contribution in [1.82, 2.24) is 30.2 Å². The molecule has 2 aromatic heterocycles. The summed E-state index contributed by atoms with van der Waals surface area (Å²) in [7, 11) is 0. The van der Waals surface area contributed by atoms with Crippen LogP contribution in [0, 0.1) is 0 Å². The number of hydrogen-bond acceptors (Lipinski definition) is 5. The van der Waals surface area contributed by atoms with Crippen molar-refractivity contribution >= 4 is 22.8 Å². The van der Waals surface area contributed by atoms with E-state index in [1.807, 2.05) is 81.4 Å². The first kappa shape index (κ1) is 25.0. The molecule has 0 fully saturated rings. The van der Waals surface area contributed by atoms with Gasteiger partial charge in [-0.1, -0.05) is 60.7 Å². The zero-order chi connectivity index (χ0) is 25.5. The first-order chi connectivity index (χ1) is 17.4. The van der Waals surface area contributed by atoms with Gasteiger partial charge >= 0.3 is 0 Å². The highest BCUT2D eigenvalue weighted by Crippen LogP contribution is 2.24. The second-order valence-corrected chi connectivity index (χ2v) is 9.47. The molecule has 36 heavy (non-hydrogen) atoms. The van der Waals surface area contributed by atoms with Gasteiger partial charge in [0.2, 0.25) is 11.8 Å². The third-order valence-corrected chi connectivity index (χ3v) is 6.42. The highest BCUT2D eigenvalue weighted by Gasteiger charge is 2.34. The molecule has 0 aliphatic heterocycles. The zero-order valence-corrected chi connectivity index (χ0v) is 21.0. The number of pyridine rings is 1. The molecular formula is C28H32N6O2. The standard InChI is InChI=1S/C28H32N6O2/c1-4-28(2,3)30-27(36)26(22-13-10-17-29-19-22)33(18-16-21-11-6-5-7-12-21)25(35)20-34-24-15-9-8-14-23(24)31-32-34/h5-15,17,19,26H,4,16,18,20H2,1-3H3,(H,30,36). The van der Waals surface area contributed by atoms with Crippen molar-refractivity contribution in [2.75, 3.05) is 6.54 Å². The Morgan fingerprint density at radius 2 is 1.78 bits per heavy atom. The van der Waals surface area contributed by atoms with Crippen LogP contribution in [0.15, 0.2) is 79.1 Å². The van der Waals surface area contributed by atoms with Gasteiger partial charge in [-0.3, -0.25) is 14.6 Å². The summed E-state index contributed by atoms with van der Waals surface area (Å²) in [5, 5.41) is 11.5. The lowest BCUT2D eigenvalue weighted by Gasteiger charge is -2.34. The van der Waals surface area contributed by atoms with Gasteiger partial charge in [-0.15, -0.1) is 5.10 Å². The lowest BCUT2D eigenvalue weighted by molar-refractivity contribution is -0.142. The minimum Gasteiger partial charge on any atom is -0.349 e. The molecule has 0 aliphatic carbocycles. The van der Waals surface area contributed by atoms with Gasteiger partial charge in [0.1, 0.15) is 18.1 Å². The third kappa shape index (κ3) is 5.94. The Morgan fingerprint density at radius 1 is 1.03 bits per heavy atom. The van der Waals surface area contributed by atoms with Crippen LogP contribution in [-0.2, 0) is 22.6 Å². The van der Waals surface area contributed by atoms with Crippen LogP contribution in [0.1, 0.15) is 44.4 Å². The Balaban J connectivity index is 1.70. The van der Waals surface area contributed by atoms with E-state index in [1.54, 1.807) is 28.0 Å². The number of amides is 2. The number of aromatic nitrogens is 4. The number of carbonyl (C=O) groups is 2. The minimum atomic E-state index is -0.837. The van der Waals surface area contributed by atoms with Crippen molar-refractivity contribution in [3.8, 4) is 0 Å². The largest absolute Gasteiger partial charge is 0.349 e. The van der Waals surface area contributed by atoms with Gasteiger partial charge in [-0.05, 0) is 50.5 Å². The van der Waals surface area contributed by atoms with Crippen molar-refractivity contribution in [2.24, 2.45) is 0 Å². The third-order valence-electron chi connectivity index (χ3n) is 6.42. The molecular weight excluding hydrogens is 452 g/mol. The molecule has 1 N–H and O–H groups in total. The summed E-state index contributed by atoms with van der Waals surface area (Å²) in [4.78, 5) is 33.5. The predicted molar refractivity (Wildman–Crippen MR) is 139 cm³/mol. The molecule has 2 aromatic carbocycles. The molecule has 0 saturated heterocycles. The first-order valence-electron chi connectivity index (χ1n) is 12.2. The lowest BCUT2D eigenvalue weighted by atomic mass is 9.99. The summed E-state index contributed by atoms with van der Waals surface area (Å²) < 4.78 is 1.58. The topological polar surface area (TPSA) is 93.0 Å². The molecule has 0 radical (unpaired) electrons. The van der Waals surface area contributed by atoms with Crippen LogP contribution in [0.25, 0.3) is 11.0 Å². The molecule has 0 bridgehead atoms. The van der Waals surface area contributed by atoms with Crippen molar-refractivity contribution in [2.45, 2.75) is 51.7 Å². The summed E-state index contributed by atoms with van der Waals surface area (Å²) in [5.41, 5.74) is 2.80. The van der Waals surface area contributed by atoms with Crippen LogP contribution < -0.4 is 5.32 Å². The number of nitrogens with zero attached hydrogens (tertiary/aromatic N) is 5. The molecule has 4 rings (SSSR count). The van der Waals surface area contributed by atoms with Gasteiger partial charge < -0.3 is 10.2 Å². The van der Waals surface area contributed by atoms with E-state index in [-0.39, 0.29) is 18.4 Å².